The average molecular weight is 875 g/mol. The lowest BCUT2D eigenvalue weighted by atomic mass is 10.0. The van der Waals surface area contributed by atoms with E-state index in [4.69, 9.17) is 15.2 Å². The smallest absolute Gasteiger partial charge is 0.319 e. The summed E-state index contributed by atoms with van der Waals surface area (Å²) in [5.74, 6) is -0.574. The summed E-state index contributed by atoms with van der Waals surface area (Å²) in [6, 6.07) is 20.5. The van der Waals surface area contributed by atoms with Gasteiger partial charge in [0.1, 0.15) is 17.9 Å². The predicted molar refractivity (Wildman–Crippen MR) is 240 cm³/mol. The number of hydrogen-bond donors (Lipinski definition) is 3. The fourth-order valence-electron chi connectivity index (χ4n) is 10.6. The number of urea groups is 1. The minimum Gasteiger partial charge on any atom is -0.504 e. The number of nitrogens with one attached hydrogen (secondary N) is 1. The van der Waals surface area contributed by atoms with E-state index in [2.05, 4.69) is 65.4 Å². The first-order valence-electron chi connectivity index (χ1n) is 22.6. The van der Waals surface area contributed by atoms with Crippen LogP contribution in [-0.4, -0.2) is 139 Å². The number of nitrogen functional groups attached to an aromatic ring is 1. The normalized spacial score (nSPS) is 23.0. The molecule has 0 spiro atoms. The minimum absolute atomic E-state index is 0.00272. The largest absolute Gasteiger partial charge is 0.504 e. The predicted octanol–water partition coefficient (Wildman–Crippen LogP) is 4.40. The lowest BCUT2D eigenvalue weighted by molar-refractivity contribution is -0.134. The molecule has 3 atom stereocenters. The van der Waals surface area contributed by atoms with E-state index in [0.717, 1.165) is 68.9 Å². The van der Waals surface area contributed by atoms with Crippen molar-refractivity contribution < 1.29 is 33.4 Å². The number of carbonyl (C=O) groups is 3. The maximum absolute atomic E-state index is 14.2. The second-order valence-electron chi connectivity index (χ2n) is 17.9. The van der Waals surface area contributed by atoms with Gasteiger partial charge in [-0.15, -0.1) is 10.2 Å². The lowest BCUT2D eigenvalue weighted by Crippen LogP contribution is -2.52. The molecule has 16 nitrogen and oxygen atoms in total. The summed E-state index contributed by atoms with van der Waals surface area (Å²) in [5.41, 5.74) is 12.2. The molecular formula is C47H55FN10O6. The van der Waals surface area contributed by atoms with E-state index in [1.165, 1.54) is 23.4 Å². The van der Waals surface area contributed by atoms with Gasteiger partial charge in [-0.3, -0.25) is 14.9 Å². The number of piperidine rings is 3. The summed E-state index contributed by atoms with van der Waals surface area (Å²) >= 11 is 0. The lowest BCUT2D eigenvalue weighted by Gasteiger charge is -2.41. The summed E-state index contributed by atoms with van der Waals surface area (Å²) in [5, 5.41) is 21.2. The van der Waals surface area contributed by atoms with Crippen LogP contribution in [0.3, 0.4) is 0 Å². The SMILES string of the molecule is CN(C(=O)N1CCC(Oc2cccc(N3CC4CN(c5cc(-c6cccc(F)c6O)nnc5N)C[C@@H]3CO4)c2)CC1)C1CCN(c2cccc3c2CCN3[C@@H]2CCC(=O)NC2=O)CC1. The number of carbonyl (C=O) groups excluding carboxylic acids is 3. The maximum atomic E-state index is 14.2. The molecule has 64 heavy (non-hydrogen) atoms. The van der Waals surface area contributed by atoms with Gasteiger partial charge >= 0.3 is 6.03 Å². The van der Waals surface area contributed by atoms with Crippen LogP contribution in [0.2, 0.25) is 0 Å². The highest BCUT2D eigenvalue weighted by molar-refractivity contribution is 6.02. The van der Waals surface area contributed by atoms with Gasteiger partial charge in [-0.25, -0.2) is 9.18 Å². The Morgan fingerprint density at radius 3 is 2.45 bits per heavy atom. The van der Waals surface area contributed by atoms with Crippen molar-refractivity contribution >= 4 is 46.4 Å². The molecule has 1 unspecified atom stereocenters. The Morgan fingerprint density at radius 2 is 1.64 bits per heavy atom. The molecule has 6 saturated heterocycles. The van der Waals surface area contributed by atoms with Crippen molar-refractivity contribution in [2.24, 2.45) is 0 Å². The van der Waals surface area contributed by atoms with Gasteiger partial charge in [0.15, 0.2) is 17.4 Å². The van der Waals surface area contributed by atoms with Crippen LogP contribution >= 0.6 is 0 Å². The summed E-state index contributed by atoms with van der Waals surface area (Å²) in [6.45, 7) is 6.09. The van der Waals surface area contributed by atoms with Crippen molar-refractivity contribution in [1.29, 1.82) is 0 Å². The number of amides is 4. The van der Waals surface area contributed by atoms with Crippen molar-refractivity contribution in [3.63, 3.8) is 0 Å². The number of imide groups is 1. The molecule has 6 fully saturated rings. The highest BCUT2D eigenvalue weighted by Crippen LogP contribution is 2.40. The zero-order valence-electron chi connectivity index (χ0n) is 36.1. The van der Waals surface area contributed by atoms with E-state index in [0.29, 0.717) is 63.6 Å². The van der Waals surface area contributed by atoms with E-state index >= 15 is 0 Å². The standard InChI is InChI=1S/C47H55FN10O6/c1-53(29-13-18-54(19-14-29)39-9-4-10-40-36(39)17-22-57(40)41-11-12-43(59)50-46(41)61)47(62)55-20-15-32(16-21-55)64-33-6-2-5-30(23-33)58-27-34-26-56(25-31(58)28-63-34)42-24-38(51-52-45(42)49)35-7-3-8-37(48)44(35)60/h2-10,23-24,29,31-32,34,41,60H,11-22,25-28H2,1H3,(H2,49,52)(H,50,59,61)/t31-,34?,41-/m1/s1. The number of likely N-dealkylation sites (tertiary alicyclic amines) is 1. The number of anilines is 5. The molecule has 7 aliphatic rings. The van der Waals surface area contributed by atoms with Gasteiger partial charge in [-0.05, 0) is 68.1 Å². The zero-order chi connectivity index (χ0) is 44.1. The van der Waals surface area contributed by atoms with Crippen LogP contribution in [-0.2, 0) is 20.7 Å². The molecular weight excluding hydrogens is 820 g/mol. The second kappa shape index (κ2) is 17.3. The number of fused-ring (bicyclic) bond motifs is 5. The van der Waals surface area contributed by atoms with Gasteiger partial charge in [0.05, 0.1) is 30.1 Å². The molecule has 11 rings (SSSR count). The van der Waals surface area contributed by atoms with E-state index in [1.807, 2.05) is 29.0 Å². The number of morpholine rings is 1. The molecule has 0 saturated carbocycles. The Hall–Kier alpha value is -6.36. The Balaban J connectivity index is 0.719. The van der Waals surface area contributed by atoms with Crippen molar-refractivity contribution in [2.75, 3.05) is 91.3 Å². The number of hydrogen-bond acceptors (Lipinski definition) is 13. The average Bonchev–Trinajstić information content (AvgIpc) is 3.52. The Labute approximate surface area is 371 Å². The molecule has 0 aliphatic carbocycles. The van der Waals surface area contributed by atoms with Crippen LogP contribution in [0.5, 0.6) is 11.5 Å². The molecule has 2 bridgehead atoms. The van der Waals surface area contributed by atoms with Crippen LogP contribution in [0, 0.1) is 5.82 Å². The molecule has 4 N–H and O–H groups in total. The first-order valence-corrected chi connectivity index (χ1v) is 22.6. The molecule has 0 radical (unpaired) electrons. The second-order valence-corrected chi connectivity index (χ2v) is 17.9. The van der Waals surface area contributed by atoms with Gasteiger partial charge in [0, 0.05) is 119 Å². The Bertz CT molecular complexity index is 2420. The molecule has 7 aliphatic heterocycles. The zero-order valence-corrected chi connectivity index (χ0v) is 36.1. The summed E-state index contributed by atoms with van der Waals surface area (Å²) in [4.78, 5) is 51.3. The summed E-state index contributed by atoms with van der Waals surface area (Å²) in [7, 11) is 1.94. The number of para-hydroxylation sites is 1. The number of phenolic OH excluding ortho intramolecular Hbond substituents is 1. The number of halogens is 1. The van der Waals surface area contributed by atoms with Gasteiger partial charge in [-0.2, -0.15) is 0 Å². The number of nitrogens with two attached hydrogens (primary N) is 1. The third-order valence-electron chi connectivity index (χ3n) is 14.1. The van der Waals surface area contributed by atoms with E-state index in [9.17, 15) is 23.9 Å². The van der Waals surface area contributed by atoms with Crippen molar-refractivity contribution in [1.82, 2.24) is 25.3 Å². The van der Waals surface area contributed by atoms with Gasteiger partial charge < -0.3 is 49.7 Å². The number of ether oxygens (including phenoxy) is 2. The number of phenols is 1. The Morgan fingerprint density at radius 1 is 0.859 bits per heavy atom. The van der Waals surface area contributed by atoms with Crippen LogP contribution in [0.25, 0.3) is 11.3 Å². The maximum Gasteiger partial charge on any atom is 0.319 e. The molecule has 336 valence electrons. The number of rotatable bonds is 8. The number of benzene rings is 3. The molecule has 3 aromatic carbocycles. The fraction of sp³-hybridized carbons (Fsp3) is 0.468. The first-order chi connectivity index (χ1) is 31.1. The van der Waals surface area contributed by atoms with Crippen LogP contribution < -0.4 is 35.4 Å². The van der Waals surface area contributed by atoms with Gasteiger partial charge in [0.25, 0.3) is 0 Å². The number of aromatic hydroxyl groups is 1. The molecule has 17 heteroatoms. The van der Waals surface area contributed by atoms with E-state index in [-0.39, 0.29) is 59.6 Å². The van der Waals surface area contributed by atoms with Gasteiger partial charge in [0.2, 0.25) is 11.8 Å². The molecule has 4 amide bonds. The highest BCUT2D eigenvalue weighted by Gasteiger charge is 2.39. The van der Waals surface area contributed by atoms with Crippen LogP contribution in [0.15, 0.2) is 66.7 Å². The summed E-state index contributed by atoms with van der Waals surface area (Å²) in [6.07, 6.45) is 4.87. The van der Waals surface area contributed by atoms with Crippen LogP contribution in [0.1, 0.15) is 44.1 Å². The van der Waals surface area contributed by atoms with E-state index in [1.54, 1.807) is 12.1 Å². The van der Waals surface area contributed by atoms with Crippen molar-refractivity contribution in [2.45, 2.75) is 75.3 Å². The fourth-order valence-corrected chi connectivity index (χ4v) is 10.6. The third kappa shape index (κ3) is 8.05. The van der Waals surface area contributed by atoms with Crippen molar-refractivity contribution in [3.05, 3.63) is 78.1 Å². The van der Waals surface area contributed by atoms with Crippen LogP contribution in [0.4, 0.5) is 37.8 Å². The summed E-state index contributed by atoms with van der Waals surface area (Å²) < 4.78 is 27.0. The number of nitrogens with zero attached hydrogens (tertiary/aromatic N) is 8. The monoisotopic (exact) mass is 874 g/mol. The molecule has 4 aromatic rings. The van der Waals surface area contributed by atoms with Crippen molar-refractivity contribution in [3.8, 4) is 22.8 Å². The minimum atomic E-state index is -0.731. The van der Waals surface area contributed by atoms with Gasteiger partial charge in [-0.1, -0.05) is 18.2 Å². The molecule has 8 heterocycles. The highest BCUT2D eigenvalue weighted by atomic mass is 19.1. The quantitative estimate of drug-likeness (QED) is 0.213. The topological polar surface area (TPSA) is 173 Å². The first kappa shape index (κ1) is 41.6. The molecule has 1 aromatic heterocycles. The Kier molecular flexibility index (Phi) is 11.3. The van der Waals surface area contributed by atoms with E-state index < -0.39 is 11.6 Å². The third-order valence-corrected chi connectivity index (χ3v) is 14.1. The number of aromatic nitrogens is 2.